The number of rotatable bonds is 7. The molecule has 0 bridgehead atoms. The lowest BCUT2D eigenvalue weighted by Crippen LogP contribution is -2.42. The van der Waals surface area contributed by atoms with Crippen LogP contribution in [0.25, 0.3) is 0 Å². The fraction of sp³-hybridized carbons (Fsp3) is 0.500. The van der Waals surface area contributed by atoms with Gasteiger partial charge >= 0.3 is 0 Å². The number of pyridine rings is 1. The monoisotopic (exact) mass is 383 g/mol. The highest BCUT2D eigenvalue weighted by molar-refractivity contribution is 5.94. The molecule has 0 spiro atoms. The summed E-state index contributed by atoms with van der Waals surface area (Å²) in [6.45, 7) is 5.94. The number of carbonyl (C=O) groups excluding carboxylic acids is 2. The summed E-state index contributed by atoms with van der Waals surface area (Å²) in [6, 6.07) is 7.43. The molecule has 0 unspecified atom stereocenters. The summed E-state index contributed by atoms with van der Waals surface area (Å²) in [5.41, 5.74) is 0.562. The lowest BCUT2D eigenvalue weighted by atomic mass is 9.89. The number of hydrogen-bond donors (Lipinski definition) is 0. The molecule has 6 heteroatoms. The molecule has 0 N–H and O–H groups in total. The number of nitrogens with zero attached hydrogens (tertiary/aromatic N) is 3. The normalized spacial score (nSPS) is 17.0. The second-order valence-electron chi connectivity index (χ2n) is 8.00. The van der Waals surface area contributed by atoms with Gasteiger partial charge in [-0.25, -0.2) is 4.98 Å². The van der Waals surface area contributed by atoms with E-state index in [0.717, 1.165) is 24.4 Å². The molecule has 0 radical (unpaired) electrons. The van der Waals surface area contributed by atoms with Crippen molar-refractivity contribution >= 4 is 17.5 Å². The Bertz CT molecular complexity index is 784. The van der Waals surface area contributed by atoms with Crippen LogP contribution in [0.1, 0.15) is 49.2 Å². The van der Waals surface area contributed by atoms with Gasteiger partial charge < -0.3 is 14.2 Å². The number of aromatic nitrogens is 1. The molecule has 1 amide bonds. The van der Waals surface area contributed by atoms with Crippen molar-refractivity contribution in [2.45, 2.75) is 39.7 Å². The van der Waals surface area contributed by atoms with Gasteiger partial charge in [0.25, 0.3) is 5.91 Å². The summed E-state index contributed by atoms with van der Waals surface area (Å²) < 4.78 is 5.36. The molecule has 28 heavy (non-hydrogen) atoms. The molecule has 0 saturated carbocycles. The van der Waals surface area contributed by atoms with Gasteiger partial charge in [-0.15, -0.1) is 0 Å². The maximum atomic E-state index is 12.9. The number of ketones is 1. The fourth-order valence-electron chi connectivity index (χ4n) is 3.63. The Hall–Kier alpha value is -2.63. The lowest BCUT2D eigenvalue weighted by molar-refractivity contribution is -0.124. The van der Waals surface area contributed by atoms with Crippen LogP contribution in [0, 0.1) is 11.8 Å². The first-order chi connectivity index (χ1) is 13.4. The molecule has 3 heterocycles. The number of hydrogen-bond acceptors (Lipinski definition) is 5. The zero-order chi connectivity index (χ0) is 20.1. The Balaban J connectivity index is 1.61. The third kappa shape index (κ3) is 5.00. The predicted octanol–water partition coefficient (Wildman–Crippen LogP) is 3.78. The van der Waals surface area contributed by atoms with Gasteiger partial charge in [0.15, 0.2) is 0 Å². The van der Waals surface area contributed by atoms with E-state index in [1.54, 1.807) is 17.4 Å². The van der Waals surface area contributed by atoms with Crippen LogP contribution in [0.2, 0.25) is 0 Å². The number of furan rings is 1. The molecule has 1 saturated heterocycles. The van der Waals surface area contributed by atoms with Crippen LogP contribution in [0.5, 0.6) is 0 Å². The van der Waals surface area contributed by atoms with Crippen LogP contribution in [-0.2, 0) is 11.3 Å². The third-order valence-electron chi connectivity index (χ3n) is 5.13. The Morgan fingerprint density at radius 1 is 1.32 bits per heavy atom. The lowest BCUT2D eigenvalue weighted by Gasteiger charge is -2.32. The minimum absolute atomic E-state index is 0.0354. The average molecular weight is 383 g/mol. The maximum Gasteiger partial charge on any atom is 0.255 e. The van der Waals surface area contributed by atoms with Crippen molar-refractivity contribution in [3.05, 3.63) is 48.0 Å². The van der Waals surface area contributed by atoms with E-state index in [-0.39, 0.29) is 17.6 Å². The van der Waals surface area contributed by atoms with E-state index in [4.69, 9.17) is 4.42 Å². The van der Waals surface area contributed by atoms with E-state index in [9.17, 15) is 9.59 Å². The molecule has 3 rings (SSSR count). The summed E-state index contributed by atoms with van der Waals surface area (Å²) in [4.78, 5) is 33.5. The second kappa shape index (κ2) is 9.04. The standard InChI is InChI=1S/C22H29N3O3/c1-16(2)12-20(26)18-6-4-10-25(14-18)22(27)17-8-9-21(23-13-17)24(3)15-19-7-5-11-28-19/h5,7-9,11,13,16,18H,4,6,10,12,14-15H2,1-3H3/t18-/m0/s1. The maximum absolute atomic E-state index is 12.9. The smallest absolute Gasteiger partial charge is 0.255 e. The molecule has 0 aromatic carbocycles. The number of carbonyl (C=O) groups is 2. The van der Waals surface area contributed by atoms with E-state index in [1.807, 2.05) is 36.2 Å². The van der Waals surface area contributed by atoms with Gasteiger partial charge in [0, 0.05) is 38.7 Å². The van der Waals surface area contributed by atoms with Crippen LogP contribution in [0.3, 0.4) is 0 Å². The largest absolute Gasteiger partial charge is 0.467 e. The summed E-state index contributed by atoms with van der Waals surface area (Å²) in [6.07, 6.45) is 5.61. The second-order valence-corrected chi connectivity index (χ2v) is 8.00. The Kier molecular flexibility index (Phi) is 6.49. The van der Waals surface area contributed by atoms with E-state index in [1.165, 1.54) is 0 Å². The van der Waals surface area contributed by atoms with Crippen molar-refractivity contribution in [2.24, 2.45) is 11.8 Å². The summed E-state index contributed by atoms with van der Waals surface area (Å²) in [5.74, 6) is 2.18. The Morgan fingerprint density at radius 2 is 2.14 bits per heavy atom. The van der Waals surface area contributed by atoms with E-state index >= 15 is 0 Å². The number of amides is 1. The van der Waals surface area contributed by atoms with Crippen molar-refractivity contribution in [2.75, 3.05) is 25.0 Å². The molecule has 2 aromatic heterocycles. The van der Waals surface area contributed by atoms with Crippen LogP contribution < -0.4 is 4.90 Å². The van der Waals surface area contributed by atoms with Crippen molar-refractivity contribution in [1.82, 2.24) is 9.88 Å². The van der Waals surface area contributed by atoms with Crippen LogP contribution >= 0.6 is 0 Å². The Labute approximate surface area is 166 Å². The molecule has 150 valence electrons. The molecule has 1 aliphatic heterocycles. The first-order valence-electron chi connectivity index (χ1n) is 9.95. The quantitative estimate of drug-likeness (QED) is 0.728. The molecule has 6 nitrogen and oxygen atoms in total. The molecule has 1 atom stereocenters. The van der Waals surface area contributed by atoms with Crippen LogP contribution in [0.15, 0.2) is 41.1 Å². The third-order valence-corrected chi connectivity index (χ3v) is 5.13. The average Bonchev–Trinajstić information content (AvgIpc) is 3.20. The molecule has 1 aliphatic rings. The fourth-order valence-corrected chi connectivity index (χ4v) is 3.63. The van der Waals surface area contributed by atoms with Crippen molar-refractivity contribution in [1.29, 1.82) is 0 Å². The number of piperidine rings is 1. The van der Waals surface area contributed by atoms with Crippen LogP contribution in [0.4, 0.5) is 5.82 Å². The molecule has 1 fully saturated rings. The minimum Gasteiger partial charge on any atom is -0.467 e. The summed E-state index contributed by atoms with van der Waals surface area (Å²) in [7, 11) is 1.93. The number of Topliss-reactive ketones (excluding diaryl/α,β-unsaturated/α-hetero) is 1. The molecular weight excluding hydrogens is 354 g/mol. The van der Waals surface area contributed by atoms with Crippen molar-refractivity contribution < 1.29 is 14.0 Å². The van der Waals surface area contributed by atoms with Gasteiger partial charge in [-0.3, -0.25) is 9.59 Å². The molecule has 2 aromatic rings. The molecular formula is C22H29N3O3. The Morgan fingerprint density at radius 3 is 2.79 bits per heavy atom. The zero-order valence-electron chi connectivity index (χ0n) is 16.9. The zero-order valence-corrected chi connectivity index (χ0v) is 16.9. The van der Waals surface area contributed by atoms with Gasteiger partial charge in [-0.1, -0.05) is 13.8 Å². The van der Waals surface area contributed by atoms with Crippen molar-refractivity contribution in [3.63, 3.8) is 0 Å². The van der Waals surface area contributed by atoms with Gasteiger partial charge in [0.2, 0.25) is 0 Å². The first-order valence-corrected chi connectivity index (χ1v) is 9.95. The van der Waals surface area contributed by atoms with E-state index < -0.39 is 0 Å². The topological polar surface area (TPSA) is 66.7 Å². The number of likely N-dealkylation sites (tertiary alicyclic amines) is 1. The van der Waals surface area contributed by atoms with Gasteiger partial charge in [-0.2, -0.15) is 0 Å². The van der Waals surface area contributed by atoms with E-state index in [0.29, 0.717) is 37.5 Å². The SMILES string of the molecule is CC(C)CC(=O)[C@H]1CCCN(C(=O)c2ccc(N(C)Cc3ccco3)nc2)C1. The van der Waals surface area contributed by atoms with Gasteiger partial charge in [0.05, 0.1) is 18.4 Å². The van der Waals surface area contributed by atoms with Gasteiger partial charge in [0.1, 0.15) is 17.4 Å². The molecule has 0 aliphatic carbocycles. The van der Waals surface area contributed by atoms with E-state index in [2.05, 4.69) is 18.8 Å². The highest BCUT2D eigenvalue weighted by Gasteiger charge is 2.29. The van der Waals surface area contributed by atoms with Gasteiger partial charge in [-0.05, 0) is 43.0 Å². The predicted molar refractivity (Wildman–Crippen MR) is 108 cm³/mol. The summed E-state index contributed by atoms with van der Waals surface area (Å²) >= 11 is 0. The highest BCUT2D eigenvalue weighted by atomic mass is 16.3. The number of anilines is 1. The first kappa shape index (κ1) is 20.1. The highest BCUT2D eigenvalue weighted by Crippen LogP contribution is 2.22. The summed E-state index contributed by atoms with van der Waals surface area (Å²) in [5, 5.41) is 0. The van der Waals surface area contributed by atoms with Crippen molar-refractivity contribution in [3.8, 4) is 0 Å². The minimum atomic E-state index is -0.0465. The van der Waals surface area contributed by atoms with Crippen LogP contribution in [-0.4, -0.2) is 41.7 Å².